The minimum Gasteiger partial charge on any atom is -0.317 e. The highest BCUT2D eigenvalue weighted by molar-refractivity contribution is 5.26. The Morgan fingerprint density at radius 1 is 1.50 bits per heavy atom. The summed E-state index contributed by atoms with van der Waals surface area (Å²) in [5.41, 5.74) is 1.99. The van der Waals surface area contributed by atoms with Crippen molar-refractivity contribution < 1.29 is 4.39 Å². The van der Waals surface area contributed by atoms with Gasteiger partial charge < -0.3 is 4.85 Å². The van der Waals surface area contributed by atoms with E-state index >= 15 is 0 Å². The maximum atomic E-state index is 12.6. The summed E-state index contributed by atoms with van der Waals surface area (Å²) in [4.78, 5) is 3.25. The van der Waals surface area contributed by atoms with Crippen LogP contribution in [0.3, 0.4) is 0 Å². The van der Waals surface area contributed by atoms with Crippen molar-refractivity contribution in [3.05, 3.63) is 46.6 Å². The Balaban J connectivity index is 2.81. The molecule has 62 valence electrons. The fourth-order valence-electron chi connectivity index (χ4n) is 1.12. The average molecular weight is 163 g/mol. The molecule has 0 fully saturated rings. The maximum absolute atomic E-state index is 12.6. The molecule has 1 aromatic carbocycles. The molecule has 0 aliphatic heterocycles. The van der Waals surface area contributed by atoms with Gasteiger partial charge in [0.05, 0.1) is 0 Å². The van der Waals surface area contributed by atoms with E-state index in [0.29, 0.717) is 6.54 Å². The largest absolute Gasteiger partial charge is 0.317 e. The Morgan fingerprint density at radius 2 is 2.25 bits per heavy atom. The quantitative estimate of drug-likeness (QED) is 0.590. The Kier molecular flexibility index (Phi) is 2.82. The molecule has 1 rings (SSSR count). The molecule has 0 saturated carbocycles. The Morgan fingerprint density at radius 3 is 2.83 bits per heavy atom. The van der Waals surface area contributed by atoms with Crippen molar-refractivity contribution in [1.29, 1.82) is 0 Å². The van der Waals surface area contributed by atoms with E-state index in [2.05, 4.69) is 4.85 Å². The summed E-state index contributed by atoms with van der Waals surface area (Å²) >= 11 is 0. The van der Waals surface area contributed by atoms with Crippen LogP contribution in [0.2, 0.25) is 0 Å². The minimum atomic E-state index is -0.209. The van der Waals surface area contributed by atoms with Crippen LogP contribution in [-0.2, 0) is 6.42 Å². The van der Waals surface area contributed by atoms with Crippen LogP contribution in [0.15, 0.2) is 18.2 Å². The van der Waals surface area contributed by atoms with Gasteiger partial charge in [-0.3, -0.25) is 0 Å². The first-order valence-corrected chi connectivity index (χ1v) is 3.82. The number of halogens is 1. The maximum Gasteiger partial charge on any atom is 0.218 e. The number of hydrogen-bond acceptors (Lipinski definition) is 0. The first kappa shape index (κ1) is 8.73. The van der Waals surface area contributed by atoms with Gasteiger partial charge in [-0.1, -0.05) is 6.07 Å². The van der Waals surface area contributed by atoms with Crippen LogP contribution in [0.4, 0.5) is 4.39 Å². The number of benzene rings is 1. The molecular formula is C10H10FN. The predicted molar refractivity (Wildman–Crippen MR) is 46.3 cm³/mol. The lowest BCUT2D eigenvalue weighted by molar-refractivity contribution is 0.625. The van der Waals surface area contributed by atoms with Gasteiger partial charge in [-0.25, -0.2) is 11.0 Å². The zero-order valence-electron chi connectivity index (χ0n) is 6.97. The van der Waals surface area contributed by atoms with E-state index in [4.69, 9.17) is 6.57 Å². The van der Waals surface area contributed by atoms with E-state index in [0.717, 1.165) is 17.5 Å². The molecule has 0 N–H and O–H groups in total. The fraction of sp³-hybridized carbons (Fsp3) is 0.300. The van der Waals surface area contributed by atoms with Crippen molar-refractivity contribution in [3.8, 4) is 0 Å². The van der Waals surface area contributed by atoms with Crippen molar-refractivity contribution in [1.82, 2.24) is 0 Å². The van der Waals surface area contributed by atoms with Crippen molar-refractivity contribution in [2.24, 2.45) is 0 Å². The second-order valence-corrected chi connectivity index (χ2v) is 2.70. The van der Waals surface area contributed by atoms with E-state index in [1.807, 2.05) is 6.92 Å². The molecule has 12 heavy (non-hydrogen) atoms. The lowest BCUT2D eigenvalue weighted by Gasteiger charge is -2.00. The molecule has 0 radical (unpaired) electrons. The van der Waals surface area contributed by atoms with Gasteiger partial charge in [-0.2, -0.15) is 0 Å². The van der Waals surface area contributed by atoms with Gasteiger partial charge in [0.1, 0.15) is 5.82 Å². The number of nitrogens with zero attached hydrogens (tertiary/aromatic N) is 1. The third-order valence-corrected chi connectivity index (χ3v) is 1.80. The molecule has 0 saturated heterocycles. The van der Waals surface area contributed by atoms with Gasteiger partial charge in [-0.15, -0.1) is 0 Å². The van der Waals surface area contributed by atoms with Crippen molar-refractivity contribution in [2.75, 3.05) is 6.54 Å². The molecule has 1 nitrogen and oxygen atoms in total. The lowest BCUT2D eigenvalue weighted by atomic mass is 10.1. The van der Waals surface area contributed by atoms with Crippen LogP contribution in [0, 0.1) is 19.3 Å². The zero-order chi connectivity index (χ0) is 8.97. The highest BCUT2D eigenvalue weighted by Crippen LogP contribution is 2.10. The first-order chi connectivity index (χ1) is 5.74. The van der Waals surface area contributed by atoms with E-state index in [1.165, 1.54) is 12.1 Å². The fourth-order valence-corrected chi connectivity index (χ4v) is 1.12. The molecule has 0 amide bonds. The van der Waals surface area contributed by atoms with Gasteiger partial charge in [-0.05, 0) is 30.2 Å². The van der Waals surface area contributed by atoms with Crippen molar-refractivity contribution in [3.63, 3.8) is 0 Å². The third-order valence-electron chi connectivity index (χ3n) is 1.80. The first-order valence-electron chi connectivity index (χ1n) is 3.82. The Hall–Kier alpha value is -1.36. The molecule has 0 bridgehead atoms. The molecule has 2 heteroatoms. The lowest BCUT2D eigenvalue weighted by Crippen LogP contribution is -1.92. The summed E-state index contributed by atoms with van der Waals surface area (Å²) in [6.45, 7) is 8.96. The van der Waals surface area contributed by atoms with Crippen LogP contribution in [0.5, 0.6) is 0 Å². The smallest absolute Gasteiger partial charge is 0.218 e. The van der Waals surface area contributed by atoms with E-state index < -0.39 is 0 Å². The average Bonchev–Trinajstić information content (AvgIpc) is 2.03. The predicted octanol–water partition coefficient (Wildman–Crippen LogP) is 2.60. The van der Waals surface area contributed by atoms with Crippen LogP contribution in [0.25, 0.3) is 4.85 Å². The van der Waals surface area contributed by atoms with Gasteiger partial charge >= 0.3 is 0 Å². The van der Waals surface area contributed by atoms with Crippen LogP contribution in [-0.4, -0.2) is 6.54 Å². The Bertz CT molecular complexity index is 312. The van der Waals surface area contributed by atoms with Gasteiger partial charge in [0, 0.05) is 6.42 Å². The SMILES string of the molecule is [C-]#[N+]CCc1ccc(F)cc1C. The molecule has 0 aliphatic carbocycles. The molecule has 0 heterocycles. The van der Waals surface area contributed by atoms with Crippen LogP contribution in [0.1, 0.15) is 11.1 Å². The molecule has 0 spiro atoms. The topological polar surface area (TPSA) is 4.36 Å². The highest BCUT2D eigenvalue weighted by atomic mass is 19.1. The summed E-state index contributed by atoms with van der Waals surface area (Å²) in [5, 5.41) is 0. The molecule has 1 aromatic rings. The van der Waals surface area contributed by atoms with Gasteiger partial charge in [0.2, 0.25) is 6.54 Å². The molecule has 0 aliphatic rings. The van der Waals surface area contributed by atoms with E-state index in [1.54, 1.807) is 6.07 Å². The normalized spacial score (nSPS) is 9.42. The number of hydrogen-bond donors (Lipinski definition) is 0. The third kappa shape index (κ3) is 2.06. The monoisotopic (exact) mass is 163 g/mol. The molecule has 0 atom stereocenters. The van der Waals surface area contributed by atoms with Crippen molar-refractivity contribution >= 4 is 0 Å². The molecular weight excluding hydrogens is 153 g/mol. The van der Waals surface area contributed by atoms with Gasteiger partial charge in [0.25, 0.3) is 0 Å². The van der Waals surface area contributed by atoms with E-state index in [-0.39, 0.29) is 5.82 Å². The second kappa shape index (κ2) is 3.87. The highest BCUT2D eigenvalue weighted by Gasteiger charge is 2.00. The summed E-state index contributed by atoms with van der Waals surface area (Å²) in [5.74, 6) is -0.209. The molecule has 0 aromatic heterocycles. The van der Waals surface area contributed by atoms with Crippen LogP contribution < -0.4 is 0 Å². The summed E-state index contributed by atoms with van der Waals surface area (Å²) in [6.07, 6.45) is 0.718. The summed E-state index contributed by atoms with van der Waals surface area (Å²) in [7, 11) is 0. The molecule has 0 unspecified atom stereocenters. The number of rotatable bonds is 2. The van der Waals surface area contributed by atoms with Gasteiger partial charge in [0.15, 0.2) is 0 Å². The van der Waals surface area contributed by atoms with Crippen LogP contribution >= 0.6 is 0 Å². The zero-order valence-corrected chi connectivity index (χ0v) is 6.97. The van der Waals surface area contributed by atoms with Crippen molar-refractivity contribution in [2.45, 2.75) is 13.3 Å². The summed E-state index contributed by atoms with van der Waals surface area (Å²) in [6, 6.07) is 4.68. The Labute approximate surface area is 71.7 Å². The minimum absolute atomic E-state index is 0.209. The van der Waals surface area contributed by atoms with E-state index in [9.17, 15) is 4.39 Å². The standard InChI is InChI=1S/C10H10FN/c1-8-7-10(11)4-3-9(8)5-6-12-2/h3-4,7H,5-6H2,1H3. The summed E-state index contributed by atoms with van der Waals surface area (Å²) < 4.78 is 12.6. The second-order valence-electron chi connectivity index (χ2n) is 2.70. The number of aryl methyl sites for hydroxylation is 1.